The molecule has 0 amide bonds. The van der Waals surface area contributed by atoms with Gasteiger partial charge < -0.3 is 5.32 Å². The van der Waals surface area contributed by atoms with E-state index in [4.69, 9.17) is 0 Å². The minimum Gasteiger partial charge on any atom is -0.388 e. The zero-order valence-electron chi connectivity index (χ0n) is 6.49. The molecule has 0 spiro atoms. The summed E-state index contributed by atoms with van der Waals surface area (Å²) in [7, 11) is 0. The van der Waals surface area contributed by atoms with Gasteiger partial charge in [-0.3, -0.25) is 0 Å². The number of allylic oxidation sites excluding steroid dienone is 1. The van der Waals surface area contributed by atoms with Crippen molar-refractivity contribution in [1.29, 1.82) is 0 Å². The summed E-state index contributed by atoms with van der Waals surface area (Å²) in [6.45, 7) is 7.84. The highest BCUT2D eigenvalue weighted by Crippen LogP contribution is 2.18. The van der Waals surface area contributed by atoms with E-state index in [0.29, 0.717) is 5.92 Å². The first-order valence-corrected chi connectivity index (χ1v) is 3.65. The van der Waals surface area contributed by atoms with E-state index in [0.717, 1.165) is 6.54 Å². The maximum Gasteiger partial charge on any atom is 0.0181 e. The highest BCUT2D eigenvalue weighted by atomic mass is 14.9. The van der Waals surface area contributed by atoms with Crippen LogP contribution in [0.4, 0.5) is 0 Å². The lowest BCUT2D eigenvalue weighted by molar-refractivity contribution is 0.690. The van der Waals surface area contributed by atoms with E-state index in [1.54, 1.807) is 5.57 Å². The zero-order valence-corrected chi connectivity index (χ0v) is 6.49. The molecule has 1 heterocycles. The molecule has 0 saturated carbocycles. The fourth-order valence-corrected chi connectivity index (χ4v) is 1.37. The summed E-state index contributed by atoms with van der Waals surface area (Å²) in [4.78, 5) is 0. The summed E-state index contributed by atoms with van der Waals surface area (Å²) in [6.07, 6.45) is 1.24. The van der Waals surface area contributed by atoms with Crippen LogP contribution in [0.25, 0.3) is 0 Å². The van der Waals surface area contributed by atoms with Gasteiger partial charge in [-0.2, -0.15) is 0 Å². The van der Waals surface area contributed by atoms with E-state index >= 15 is 0 Å². The first-order valence-electron chi connectivity index (χ1n) is 3.65. The van der Waals surface area contributed by atoms with Gasteiger partial charge in [0.1, 0.15) is 0 Å². The molecular formula is C8H15N. The van der Waals surface area contributed by atoms with E-state index in [2.05, 4.69) is 26.1 Å². The Hall–Kier alpha value is -0.460. The molecular weight excluding hydrogens is 110 g/mol. The molecule has 52 valence electrons. The molecule has 1 rings (SSSR count). The molecule has 1 aliphatic heterocycles. The summed E-state index contributed by atoms with van der Waals surface area (Å²) in [5.41, 5.74) is 3.01. The van der Waals surface area contributed by atoms with Crippen LogP contribution in [0.15, 0.2) is 11.3 Å². The lowest BCUT2D eigenvalue weighted by atomic mass is 10.1. The molecule has 1 N–H and O–H groups in total. The van der Waals surface area contributed by atoms with Crippen LogP contribution in [0, 0.1) is 5.92 Å². The molecule has 9 heavy (non-hydrogen) atoms. The van der Waals surface area contributed by atoms with E-state index in [9.17, 15) is 0 Å². The first-order chi connectivity index (χ1) is 4.22. The van der Waals surface area contributed by atoms with Crippen molar-refractivity contribution in [3.8, 4) is 0 Å². The van der Waals surface area contributed by atoms with Crippen LogP contribution in [0.3, 0.4) is 0 Å². The Labute approximate surface area is 57.1 Å². The van der Waals surface area contributed by atoms with Crippen molar-refractivity contribution in [2.24, 2.45) is 5.92 Å². The van der Waals surface area contributed by atoms with Gasteiger partial charge in [0, 0.05) is 12.2 Å². The van der Waals surface area contributed by atoms with Crippen LogP contribution >= 0.6 is 0 Å². The lowest BCUT2D eigenvalue weighted by Gasteiger charge is -2.07. The number of hydrogen-bond donors (Lipinski definition) is 1. The third kappa shape index (κ3) is 1.26. The SMILES string of the molecule is CC1=C(C(C)C)NCC1. The molecule has 1 aliphatic rings. The van der Waals surface area contributed by atoms with Crippen molar-refractivity contribution in [3.63, 3.8) is 0 Å². The number of rotatable bonds is 1. The van der Waals surface area contributed by atoms with Gasteiger partial charge in [0.25, 0.3) is 0 Å². The van der Waals surface area contributed by atoms with E-state index < -0.39 is 0 Å². The summed E-state index contributed by atoms with van der Waals surface area (Å²) < 4.78 is 0. The third-order valence-electron chi connectivity index (χ3n) is 1.85. The molecule has 0 fully saturated rings. The highest BCUT2D eigenvalue weighted by Gasteiger charge is 2.11. The van der Waals surface area contributed by atoms with Crippen LogP contribution < -0.4 is 5.32 Å². The van der Waals surface area contributed by atoms with Gasteiger partial charge in [0.2, 0.25) is 0 Å². The van der Waals surface area contributed by atoms with Crippen LogP contribution in [0.1, 0.15) is 27.2 Å². The Balaban J connectivity index is 2.66. The van der Waals surface area contributed by atoms with Crippen molar-refractivity contribution in [2.45, 2.75) is 27.2 Å². The molecule has 0 aromatic rings. The summed E-state index contributed by atoms with van der Waals surface area (Å²) in [6, 6.07) is 0. The van der Waals surface area contributed by atoms with Crippen molar-refractivity contribution in [3.05, 3.63) is 11.3 Å². The second-order valence-electron chi connectivity index (χ2n) is 3.03. The van der Waals surface area contributed by atoms with Crippen LogP contribution in [-0.2, 0) is 0 Å². The highest BCUT2D eigenvalue weighted by molar-refractivity contribution is 5.17. The Kier molecular flexibility index (Phi) is 1.79. The maximum absolute atomic E-state index is 3.39. The normalized spacial score (nSPS) is 19.1. The topological polar surface area (TPSA) is 12.0 Å². The summed E-state index contributed by atoms with van der Waals surface area (Å²) >= 11 is 0. The van der Waals surface area contributed by atoms with Crippen LogP contribution in [-0.4, -0.2) is 6.54 Å². The van der Waals surface area contributed by atoms with Crippen molar-refractivity contribution < 1.29 is 0 Å². The first kappa shape index (κ1) is 6.66. The predicted octanol–water partition coefficient (Wildman–Crippen LogP) is 1.91. The average molecular weight is 125 g/mol. The van der Waals surface area contributed by atoms with E-state index in [1.165, 1.54) is 12.1 Å². The van der Waals surface area contributed by atoms with Crippen LogP contribution in [0.2, 0.25) is 0 Å². The molecule has 1 nitrogen and oxygen atoms in total. The molecule has 0 aromatic heterocycles. The van der Waals surface area contributed by atoms with Gasteiger partial charge in [-0.25, -0.2) is 0 Å². The lowest BCUT2D eigenvalue weighted by Crippen LogP contribution is -2.11. The Morgan fingerprint density at radius 2 is 2.11 bits per heavy atom. The summed E-state index contributed by atoms with van der Waals surface area (Å²) in [5.74, 6) is 0.687. The minimum atomic E-state index is 0.687. The molecule has 0 aliphatic carbocycles. The minimum absolute atomic E-state index is 0.687. The molecule has 0 atom stereocenters. The second-order valence-corrected chi connectivity index (χ2v) is 3.03. The zero-order chi connectivity index (χ0) is 6.85. The van der Waals surface area contributed by atoms with Crippen molar-refractivity contribution in [2.75, 3.05) is 6.54 Å². The van der Waals surface area contributed by atoms with Crippen LogP contribution in [0.5, 0.6) is 0 Å². The van der Waals surface area contributed by atoms with Gasteiger partial charge in [0.05, 0.1) is 0 Å². The van der Waals surface area contributed by atoms with E-state index in [-0.39, 0.29) is 0 Å². The van der Waals surface area contributed by atoms with Gasteiger partial charge in [-0.05, 0) is 19.3 Å². The molecule has 1 heteroatoms. The fourth-order valence-electron chi connectivity index (χ4n) is 1.37. The molecule has 0 radical (unpaired) electrons. The van der Waals surface area contributed by atoms with Crippen molar-refractivity contribution >= 4 is 0 Å². The quantitative estimate of drug-likeness (QED) is 0.564. The fraction of sp³-hybridized carbons (Fsp3) is 0.750. The van der Waals surface area contributed by atoms with Gasteiger partial charge in [-0.15, -0.1) is 0 Å². The Bertz CT molecular complexity index is 134. The summed E-state index contributed by atoms with van der Waals surface area (Å²) in [5, 5.41) is 3.39. The smallest absolute Gasteiger partial charge is 0.0181 e. The van der Waals surface area contributed by atoms with Crippen molar-refractivity contribution in [1.82, 2.24) is 5.32 Å². The maximum atomic E-state index is 3.39. The van der Waals surface area contributed by atoms with E-state index in [1.807, 2.05) is 0 Å². The number of nitrogens with one attached hydrogen (secondary N) is 1. The largest absolute Gasteiger partial charge is 0.388 e. The van der Waals surface area contributed by atoms with Gasteiger partial charge >= 0.3 is 0 Å². The molecule has 0 saturated heterocycles. The Morgan fingerprint density at radius 3 is 2.33 bits per heavy atom. The average Bonchev–Trinajstić information content (AvgIpc) is 2.13. The molecule has 0 aromatic carbocycles. The number of hydrogen-bond acceptors (Lipinski definition) is 1. The second kappa shape index (κ2) is 2.42. The third-order valence-corrected chi connectivity index (χ3v) is 1.85. The standard InChI is InChI=1S/C8H15N/c1-6(2)8-7(3)4-5-9-8/h6,9H,4-5H2,1-3H3. The van der Waals surface area contributed by atoms with Gasteiger partial charge in [-0.1, -0.05) is 19.4 Å². The Morgan fingerprint density at radius 1 is 1.44 bits per heavy atom. The molecule has 0 bridgehead atoms. The molecule has 0 unspecified atom stereocenters. The van der Waals surface area contributed by atoms with Gasteiger partial charge in [0.15, 0.2) is 0 Å². The predicted molar refractivity (Wildman–Crippen MR) is 40.2 cm³/mol. The monoisotopic (exact) mass is 125 g/mol.